The highest BCUT2D eigenvalue weighted by molar-refractivity contribution is 6.42. The first-order valence-corrected chi connectivity index (χ1v) is 6.10. The van der Waals surface area contributed by atoms with Crippen molar-refractivity contribution in [3.05, 3.63) is 33.8 Å². The van der Waals surface area contributed by atoms with Gasteiger partial charge in [0.25, 0.3) is 0 Å². The van der Waals surface area contributed by atoms with E-state index in [-0.39, 0.29) is 0 Å². The fraction of sp³-hybridized carbons (Fsp3) is 0.500. The lowest BCUT2D eigenvalue weighted by atomic mass is 9.89. The van der Waals surface area contributed by atoms with Crippen LogP contribution in [0.2, 0.25) is 10.0 Å². The number of nitrogens with one attached hydrogen (secondary N) is 1. The van der Waals surface area contributed by atoms with E-state index in [0.29, 0.717) is 22.0 Å². The summed E-state index contributed by atoms with van der Waals surface area (Å²) >= 11 is 11.9. The van der Waals surface area contributed by atoms with E-state index in [2.05, 4.69) is 18.3 Å². The average molecular weight is 244 g/mol. The van der Waals surface area contributed by atoms with Gasteiger partial charge in [-0.2, -0.15) is 0 Å². The van der Waals surface area contributed by atoms with Crippen LogP contribution in [-0.4, -0.2) is 12.6 Å². The zero-order valence-corrected chi connectivity index (χ0v) is 10.3. The number of rotatable bonds is 1. The minimum absolute atomic E-state index is 0.580. The molecule has 2 atom stereocenters. The Morgan fingerprint density at radius 2 is 2.00 bits per heavy atom. The normalized spacial score (nSPS) is 26.6. The average Bonchev–Trinajstić information content (AvgIpc) is 2.23. The van der Waals surface area contributed by atoms with Crippen molar-refractivity contribution < 1.29 is 0 Å². The zero-order valence-electron chi connectivity index (χ0n) is 8.76. The molecule has 0 aliphatic carbocycles. The van der Waals surface area contributed by atoms with Crippen LogP contribution in [0, 0.1) is 0 Å². The molecule has 0 saturated carbocycles. The topological polar surface area (TPSA) is 12.0 Å². The summed E-state index contributed by atoms with van der Waals surface area (Å²) in [6, 6.07) is 6.60. The SMILES string of the molecule is CC1CCC(c2ccc(Cl)c(Cl)c2)CN1. The Morgan fingerprint density at radius 1 is 1.20 bits per heavy atom. The second kappa shape index (κ2) is 4.73. The van der Waals surface area contributed by atoms with Gasteiger partial charge in [-0.1, -0.05) is 29.3 Å². The first kappa shape index (κ1) is 11.3. The van der Waals surface area contributed by atoms with Gasteiger partial charge in [0, 0.05) is 12.6 Å². The molecule has 15 heavy (non-hydrogen) atoms. The molecule has 0 radical (unpaired) electrons. The smallest absolute Gasteiger partial charge is 0.0595 e. The summed E-state index contributed by atoms with van der Waals surface area (Å²) in [5, 5.41) is 4.79. The highest BCUT2D eigenvalue weighted by Gasteiger charge is 2.19. The molecule has 82 valence electrons. The van der Waals surface area contributed by atoms with Crippen molar-refractivity contribution in [3.8, 4) is 0 Å². The molecular weight excluding hydrogens is 229 g/mol. The highest BCUT2D eigenvalue weighted by Crippen LogP contribution is 2.30. The van der Waals surface area contributed by atoms with Crippen LogP contribution in [-0.2, 0) is 0 Å². The molecule has 2 rings (SSSR count). The van der Waals surface area contributed by atoms with Gasteiger partial charge in [0.1, 0.15) is 0 Å². The summed E-state index contributed by atoms with van der Waals surface area (Å²) in [6.07, 6.45) is 2.46. The molecule has 0 aromatic heterocycles. The molecule has 1 aliphatic rings. The van der Waals surface area contributed by atoms with E-state index in [0.717, 1.165) is 6.54 Å². The van der Waals surface area contributed by atoms with Gasteiger partial charge < -0.3 is 5.32 Å². The van der Waals surface area contributed by atoms with Crippen molar-refractivity contribution in [1.29, 1.82) is 0 Å². The Balaban J connectivity index is 2.12. The van der Waals surface area contributed by atoms with Crippen LogP contribution in [0.3, 0.4) is 0 Å². The quantitative estimate of drug-likeness (QED) is 0.791. The Hall–Kier alpha value is -0.240. The minimum Gasteiger partial charge on any atom is -0.314 e. The summed E-state index contributed by atoms with van der Waals surface area (Å²) < 4.78 is 0. The molecule has 3 heteroatoms. The van der Waals surface area contributed by atoms with Crippen LogP contribution in [0.1, 0.15) is 31.2 Å². The number of halogens is 2. The van der Waals surface area contributed by atoms with Gasteiger partial charge in [-0.25, -0.2) is 0 Å². The van der Waals surface area contributed by atoms with E-state index in [1.807, 2.05) is 12.1 Å². The van der Waals surface area contributed by atoms with Crippen molar-refractivity contribution in [2.45, 2.75) is 31.7 Å². The summed E-state index contributed by atoms with van der Waals surface area (Å²) in [6.45, 7) is 3.27. The van der Waals surface area contributed by atoms with Crippen LogP contribution in [0.15, 0.2) is 18.2 Å². The second-order valence-corrected chi connectivity index (χ2v) is 5.07. The summed E-state index contributed by atoms with van der Waals surface area (Å²) in [4.78, 5) is 0. The summed E-state index contributed by atoms with van der Waals surface area (Å²) in [5.41, 5.74) is 1.30. The number of piperidine rings is 1. The van der Waals surface area contributed by atoms with Crippen molar-refractivity contribution in [3.63, 3.8) is 0 Å². The fourth-order valence-electron chi connectivity index (χ4n) is 2.05. The molecular formula is C12H15Cl2N. The Labute approximate surface area is 101 Å². The lowest BCUT2D eigenvalue weighted by molar-refractivity contribution is 0.385. The third kappa shape index (κ3) is 2.66. The number of hydrogen-bond donors (Lipinski definition) is 1. The molecule has 1 fully saturated rings. The third-order valence-electron chi connectivity index (χ3n) is 3.08. The Kier molecular flexibility index (Phi) is 3.55. The molecule has 1 saturated heterocycles. The van der Waals surface area contributed by atoms with Gasteiger partial charge in [-0.15, -0.1) is 0 Å². The first-order chi connectivity index (χ1) is 7.16. The molecule has 1 heterocycles. The van der Waals surface area contributed by atoms with E-state index in [4.69, 9.17) is 23.2 Å². The Bertz CT molecular complexity index is 343. The summed E-state index contributed by atoms with van der Waals surface area (Å²) in [7, 11) is 0. The van der Waals surface area contributed by atoms with Gasteiger partial charge in [0.2, 0.25) is 0 Å². The van der Waals surface area contributed by atoms with Crippen molar-refractivity contribution in [2.75, 3.05) is 6.54 Å². The maximum Gasteiger partial charge on any atom is 0.0595 e. The van der Waals surface area contributed by atoms with Gasteiger partial charge in [0.15, 0.2) is 0 Å². The molecule has 1 aromatic rings. The lowest BCUT2D eigenvalue weighted by Gasteiger charge is -2.28. The van der Waals surface area contributed by atoms with Crippen molar-refractivity contribution >= 4 is 23.2 Å². The predicted octanol–water partition coefficient (Wildman–Crippen LogP) is 3.85. The van der Waals surface area contributed by atoms with Crippen LogP contribution >= 0.6 is 23.2 Å². The predicted molar refractivity (Wildman–Crippen MR) is 65.9 cm³/mol. The maximum absolute atomic E-state index is 6.01. The van der Waals surface area contributed by atoms with Crippen LogP contribution in [0.25, 0.3) is 0 Å². The first-order valence-electron chi connectivity index (χ1n) is 5.35. The molecule has 0 bridgehead atoms. The molecule has 0 amide bonds. The third-order valence-corrected chi connectivity index (χ3v) is 3.81. The molecule has 1 aliphatic heterocycles. The van der Waals surface area contributed by atoms with E-state index < -0.39 is 0 Å². The molecule has 1 N–H and O–H groups in total. The molecule has 0 spiro atoms. The van der Waals surface area contributed by atoms with Gasteiger partial charge in [-0.05, 0) is 43.4 Å². The fourth-order valence-corrected chi connectivity index (χ4v) is 2.36. The largest absolute Gasteiger partial charge is 0.314 e. The highest BCUT2D eigenvalue weighted by atomic mass is 35.5. The number of benzene rings is 1. The molecule has 1 aromatic carbocycles. The Morgan fingerprint density at radius 3 is 2.60 bits per heavy atom. The van der Waals surface area contributed by atoms with Crippen LogP contribution < -0.4 is 5.32 Å². The van der Waals surface area contributed by atoms with Crippen LogP contribution in [0.4, 0.5) is 0 Å². The van der Waals surface area contributed by atoms with Crippen molar-refractivity contribution in [2.24, 2.45) is 0 Å². The van der Waals surface area contributed by atoms with Gasteiger partial charge >= 0.3 is 0 Å². The molecule has 2 unspecified atom stereocenters. The second-order valence-electron chi connectivity index (χ2n) is 4.26. The van der Waals surface area contributed by atoms with Gasteiger partial charge in [-0.3, -0.25) is 0 Å². The minimum atomic E-state index is 0.580. The van der Waals surface area contributed by atoms with E-state index in [1.54, 1.807) is 0 Å². The molecule has 1 nitrogen and oxygen atoms in total. The van der Waals surface area contributed by atoms with Crippen molar-refractivity contribution in [1.82, 2.24) is 5.32 Å². The van der Waals surface area contributed by atoms with E-state index >= 15 is 0 Å². The zero-order chi connectivity index (χ0) is 10.8. The standard InChI is InChI=1S/C12H15Cl2N/c1-8-2-3-10(7-15-8)9-4-5-11(13)12(14)6-9/h4-6,8,10,15H,2-3,7H2,1H3. The monoisotopic (exact) mass is 243 g/mol. The van der Waals surface area contributed by atoms with Gasteiger partial charge in [0.05, 0.1) is 10.0 Å². The summed E-state index contributed by atoms with van der Waals surface area (Å²) in [5.74, 6) is 0.580. The number of hydrogen-bond acceptors (Lipinski definition) is 1. The van der Waals surface area contributed by atoms with Crippen LogP contribution in [0.5, 0.6) is 0 Å². The lowest BCUT2D eigenvalue weighted by Crippen LogP contribution is -2.35. The van der Waals surface area contributed by atoms with E-state index in [9.17, 15) is 0 Å². The maximum atomic E-state index is 6.01. The van der Waals surface area contributed by atoms with E-state index in [1.165, 1.54) is 18.4 Å².